The number of hydrogen-bond acceptors (Lipinski definition) is 5. The summed E-state index contributed by atoms with van der Waals surface area (Å²) in [6.07, 6.45) is 3.67. The average Bonchev–Trinajstić information content (AvgIpc) is 2.99. The number of amides is 2. The highest BCUT2D eigenvalue weighted by atomic mass is 35.5. The molecule has 2 aromatic carbocycles. The van der Waals surface area contributed by atoms with Gasteiger partial charge in [-0.25, -0.2) is 0 Å². The molecule has 3 rings (SSSR count). The molecule has 1 aliphatic heterocycles. The third-order valence-electron chi connectivity index (χ3n) is 4.44. The van der Waals surface area contributed by atoms with E-state index in [-0.39, 0.29) is 17.7 Å². The molecule has 0 aromatic heterocycles. The van der Waals surface area contributed by atoms with Gasteiger partial charge in [0, 0.05) is 0 Å². The highest BCUT2D eigenvalue weighted by Gasteiger charge is 2.35. The Morgan fingerprint density at radius 2 is 1.87 bits per heavy atom. The van der Waals surface area contributed by atoms with Gasteiger partial charge in [-0.2, -0.15) is 0 Å². The van der Waals surface area contributed by atoms with Crippen LogP contribution in [0.4, 0.5) is 4.79 Å². The normalized spacial score (nSPS) is 15.2. The van der Waals surface area contributed by atoms with E-state index in [0.29, 0.717) is 33.1 Å². The summed E-state index contributed by atoms with van der Waals surface area (Å²) >= 11 is 12.9. The van der Waals surface area contributed by atoms with E-state index in [1.54, 1.807) is 43.5 Å². The molecule has 0 aliphatic carbocycles. The predicted octanol–water partition coefficient (Wildman–Crippen LogP) is 6.42. The zero-order valence-electron chi connectivity index (χ0n) is 16.6. The Hall–Kier alpha value is -2.15. The Morgan fingerprint density at radius 3 is 2.57 bits per heavy atom. The highest BCUT2D eigenvalue weighted by Crippen LogP contribution is 2.35. The Labute approximate surface area is 189 Å². The standard InChI is InChI=1S/C22H21Cl2NO4S/c1-3-4-9-29-18-8-6-14(11-19(18)28-2)12-20-21(26)25(22(27)30-20)13-15-5-7-16(23)17(24)10-15/h5-8,10-12H,3-4,9,13H2,1-2H3/b20-12-. The van der Waals surface area contributed by atoms with Crippen LogP contribution in [0.25, 0.3) is 6.08 Å². The second-order valence-corrected chi connectivity index (χ2v) is 8.44. The van der Waals surface area contributed by atoms with Crippen LogP contribution in [0.2, 0.25) is 10.0 Å². The molecule has 0 spiro atoms. The molecule has 0 N–H and O–H groups in total. The number of carbonyl (C=O) groups excluding carboxylic acids is 2. The van der Waals surface area contributed by atoms with Gasteiger partial charge in [0.2, 0.25) is 0 Å². The van der Waals surface area contributed by atoms with E-state index in [0.717, 1.165) is 35.7 Å². The van der Waals surface area contributed by atoms with E-state index in [9.17, 15) is 9.59 Å². The van der Waals surface area contributed by atoms with Crippen LogP contribution in [-0.4, -0.2) is 29.8 Å². The molecule has 0 bridgehead atoms. The molecule has 2 aromatic rings. The maximum absolute atomic E-state index is 12.8. The molecule has 2 amide bonds. The quantitative estimate of drug-likeness (QED) is 0.332. The van der Waals surface area contributed by atoms with Crippen LogP contribution in [-0.2, 0) is 11.3 Å². The van der Waals surface area contributed by atoms with Gasteiger partial charge in [0.05, 0.1) is 35.2 Å². The van der Waals surface area contributed by atoms with Crippen LogP contribution >= 0.6 is 35.0 Å². The van der Waals surface area contributed by atoms with Gasteiger partial charge in [0.1, 0.15) is 0 Å². The van der Waals surface area contributed by atoms with Gasteiger partial charge in [-0.3, -0.25) is 14.5 Å². The molecule has 1 fully saturated rings. The molecule has 0 unspecified atom stereocenters. The summed E-state index contributed by atoms with van der Waals surface area (Å²) in [5.74, 6) is 0.879. The van der Waals surface area contributed by atoms with Gasteiger partial charge in [-0.05, 0) is 59.7 Å². The zero-order chi connectivity index (χ0) is 21.7. The van der Waals surface area contributed by atoms with Gasteiger partial charge < -0.3 is 9.47 Å². The third-order valence-corrected chi connectivity index (χ3v) is 6.09. The molecular formula is C22H21Cl2NO4S. The van der Waals surface area contributed by atoms with Crippen LogP contribution in [0.3, 0.4) is 0 Å². The first-order chi connectivity index (χ1) is 14.4. The number of methoxy groups -OCH3 is 1. The molecule has 0 saturated carbocycles. The van der Waals surface area contributed by atoms with E-state index in [1.807, 2.05) is 6.07 Å². The highest BCUT2D eigenvalue weighted by molar-refractivity contribution is 8.18. The number of carbonyl (C=O) groups is 2. The van der Waals surface area contributed by atoms with Crippen molar-refractivity contribution in [3.05, 3.63) is 62.5 Å². The van der Waals surface area contributed by atoms with Crippen molar-refractivity contribution in [2.24, 2.45) is 0 Å². The Morgan fingerprint density at radius 1 is 1.07 bits per heavy atom. The van der Waals surface area contributed by atoms with Crippen LogP contribution in [0.15, 0.2) is 41.3 Å². The summed E-state index contributed by atoms with van der Waals surface area (Å²) < 4.78 is 11.1. The maximum Gasteiger partial charge on any atom is 0.293 e. The first kappa shape index (κ1) is 22.5. The molecule has 1 heterocycles. The van der Waals surface area contributed by atoms with Crippen molar-refractivity contribution >= 4 is 52.2 Å². The molecule has 5 nitrogen and oxygen atoms in total. The van der Waals surface area contributed by atoms with Crippen LogP contribution in [0.1, 0.15) is 30.9 Å². The number of imide groups is 1. The van der Waals surface area contributed by atoms with Crippen molar-refractivity contribution in [2.75, 3.05) is 13.7 Å². The minimum Gasteiger partial charge on any atom is -0.493 e. The topological polar surface area (TPSA) is 55.8 Å². The summed E-state index contributed by atoms with van der Waals surface area (Å²) in [7, 11) is 1.57. The third kappa shape index (κ3) is 5.31. The number of halogens is 2. The fourth-order valence-electron chi connectivity index (χ4n) is 2.83. The minimum absolute atomic E-state index is 0.131. The lowest BCUT2D eigenvalue weighted by Gasteiger charge is -2.13. The SMILES string of the molecule is CCCCOc1ccc(/C=C2\SC(=O)N(Cc3ccc(Cl)c(Cl)c3)C2=O)cc1OC. The number of benzene rings is 2. The van der Waals surface area contributed by atoms with Gasteiger partial charge in [0.15, 0.2) is 11.5 Å². The second kappa shape index (κ2) is 10.2. The van der Waals surface area contributed by atoms with Crippen molar-refractivity contribution in [3.8, 4) is 11.5 Å². The van der Waals surface area contributed by atoms with Crippen molar-refractivity contribution in [1.82, 2.24) is 4.90 Å². The molecule has 30 heavy (non-hydrogen) atoms. The van der Waals surface area contributed by atoms with Gasteiger partial charge in [-0.1, -0.05) is 48.7 Å². The molecule has 1 aliphatic rings. The zero-order valence-corrected chi connectivity index (χ0v) is 18.9. The Kier molecular flexibility index (Phi) is 7.69. The van der Waals surface area contributed by atoms with Gasteiger partial charge >= 0.3 is 0 Å². The van der Waals surface area contributed by atoms with E-state index in [1.165, 1.54) is 4.90 Å². The van der Waals surface area contributed by atoms with E-state index in [2.05, 4.69) is 6.92 Å². The molecule has 8 heteroatoms. The summed E-state index contributed by atoms with van der Waals surface area (Å²) in [6.45, 7) is 2.84. The largest absolute Gasteiger partial charge is 0.493 e. The Balaban J connectivity index is 1.76. The Bertz CT molecular complexity index is 993. The van der Waals surface area contributed by atoms with Crippen molar-refractivity contribution in [2.45, 2.75) is 26.3 Å². The maximum atomic E-state index is 12.8. The lowest BCUT2D eigenvalue weighted by Crippen LogP contribution is -2.27. The molecule has 0 radical (unpaired) electrons. The number of hydrogen-bond donors (Lipinski definition) is 0. The minimum atomic E-state index is -0.349. The van der Waals surface area contributed by atoms with Crippen molar-refractivity contribution in [3.63, 3.8) is 0 Å². The summed E-state index contributed by atoms with van der Waals surface area (Å²) in [5.41, 5.74) is 1.47. The second-order valence-electron chi connectivity index (χ2n) is 6.63. The first-order valence-corrected chi connectivity index (χ1v) is 11.0. The monoisotopic (exact) mass is 465 g/mol. The van der Waals surface area contributed by atoms with Gasteiger partial charge in [-0.15, -0.1) is 0 Å². The van der Waals surface area contributed by atoms with Crippen molar-refractivity contribution < 1.29 is 19.1 Å². The fourth-order valence-corrected chi connectivity index (χ4v) is 3.99. The van der Waals surface area contributed by atoms with E-state index < -0.39 is 0 Å². The number of thioether (sulfide) groups is 1. The molecule has 158 valence electrons. The molecule has 1 saturated heterocycles. The smallest absolute Gasteiger partial charge is 0.293 e. The number of unbranched alkanes of at least 4 members (excludes halogenated alkanes) is 1. The predicted molar refractivity (Wildman–Crippen MR) is 121 cm³/mol. The number of nitrogens with zero attached hydrogens (tertiary/aromatic N) is 1. The number of rotatable bonds is 8. The fraction of sp³-hybridized carbons (Fsp3) is 0.273. The lowest BCUT2D eigenvalue weighted by atomic mass is 10.1. The lowest BCUT2D eigenvalue weighted by molar-refractivity contribution is -0.123. The van der Waals surface area contributed by atoms with Crippen LogP contribution in [0.5, 0.6) is 11.5 Å². The first-order valence-electron chi connectivity index (χ1n) is 9.43. The van der Waals surface area contributed by atoms with Crippen LogP contribution < -0.4 is 9.47 Å². The van der Waals surface area contributed by atoms with E-state index >= 15 is 0 Å². The van der Waals surface area contributed by atoms with Crippen LogP contribution in [0, 0.1) is 0 Å². The summed E-state index contributed by atoms with van der Waals surface area (Å²) in [4.78, 5) is 26.7. The molecule has 0 atom stereocenters. The van der Waals surface area contributed by atoms with E-state index in [4.69, 9.17) is 32.7 Å². The number of ether oxygens (including phenoxy) is 2. The van der Waals surface area contributed by atoms with Gasteiger partial charge in [0.25, 0.3) is 11.1 Å². The summed E-state index contributed by atoms with van der Waals surface area (Å²) in [5, 5.41) is 0.472. The van der Waals surface area contributed by atoms with Crippen molar-refractivity contribution in [1.29, 1.82) is 0 Å². The summed E-state index contributed by atoms with van der Waals surface area (Å²) in [6, 6.07) is 10.5. The molecular weight excluding hydrogens is 445 g/mol. The average molecular weight is 466 g/mol.